The Morgan fingerprint density at radius 2 is 1.88 bits per heavy atom. The molecular weight excluding hydrogens is 402 g/mol. The molecule has 0 bridgehead atoms. The van der Waals surface area contributed by atoms with Gasteiger partial charge >= 0.3 is 6.03 Å². The molecule has 6 heteroatoms. The fourth-order valence-corrected chi connectivity index (χ4v) is 4.20. The summed E-state index contributed by atoms with van der Waals surface area (Å²) in [7, 11) is 1.64. The zero-order valence-electron chi connectivity index (χ0n) is 19.6. The zero-order chi connectivity index (χ0) is 23.1. The molecule has 32 heavy (non-hydrogen) atoms. The summed E-state index contributed by atoms with van der Waals surface area (Å²) in [5, 5.41) is 6.14. The lowest BCUT2D eigenvalue weighted by Gasteiger charge is -2.33. The lowest BCUT2D eigenvalue weighted by Crippen LogP contribution is -2.47. The van der Waals surface area contributed by atoms with Crippen molar-refractivity contribution < 1.29 is 14.3 Å². The summed E-state index contributed by atoms with van der Waals surface area (Å²) >= 11 is 0. The van der Waals surface area contributed by atoms with E-state index in [9.17, 15) is 9.59 Å². The minimum Gasteiger partial charge on any atom is -0.497 e. The summed E-state index contributed by atoms with van der Waals surface area (Å²) in [5.41, 5.74) is 2.81. The van der Waals surface area contributed by atoms with Crippen LogP contribution in [0.4, 0.5) is 4.79 Å². The zero-order valence-corrected chi connectivity index (χ0v) is 19.6. The predicted molar refractivity (Wildman–Crippen MR) is 127 cm³/mol. The molecule has 1 heterocycles. The number of rotatable bonds is 7. The van der Waals surface area contributed by atoms with Crippen molar-refractivity contribution >= 4 is 11.9 Å². The molecule has 6 nitrogen and oxygen atoms in total. The van der Waals surface area contributed by atoms with Crippen LogP contribution in [0.3, 0.4) is 0 Å². The van der Waals surface area contributed by atoms with E-state index < -0.39 is 0 Å². The SMILES string of the molecule is CC[C@H](NC(=O)c1cccc([C@@H]2CCCN(C(=O)NC(C)C)C2)c1)c1ccc(OC)cc1. The molecule has 3 amide bonds. The highest BCUT2D eigenvalue weighted by Crippen LogP contribution is 2.28. The van der Waals surface area contributed by atoms with Crippen molar-refractivity contribution in [3.8, 4) is 5.75 Å². The van der Waals surface area contributed by atoms with Gasteiger partial charge in [0, 0.05) is 30.6 Å². The quantitative estimate of drug-likeness (QED) is 0.649. The number of likely N-dealkylation sites (tertiary alicyclic amines) is 1. The number of carbonyl (C=O) groups is 2. The van der Waals surface area contributed by atoms with E-state index in [0.717, 1.165) is 42.7 Å². The molecule has 2 N–H and O–H groups in total. The van der Waals surface area contributed by atoms with Crippen LogP contribution >= 0.6 is 0 Å². The van der Waals surface area contributed by atoms with Crippen LogP contribution in [0.2, 0.25) is 0 Å². The number of methoxy groups -OCH3 is 1. The number of amides is 3. The van der Waals surface area contributed by atoms with Crippen LogP contribution in [-0.4, -0.2) is 43.1 Å². The van der Waals surface area contributed by atoms with Gasteiger partial charge < -0.3 is 20.3 Å². The van der Waals surface area contributed by atoms with Crippen LogP contribution in [0.25, 0.3) is 0 Å². The molecule has 0 saturated carbocycles. The highest BCUT2D eigenvalue weighted by atomic mass is 16.5. The van der Waals surface area contributed by atoms with Gasteiger partial charge in [0.2, 0.25) is 0 Å². The Bertz CT molecular complexity index is 911. The lowest BCUT2D eigenvalue weighted by molar-refractivity contribution is 0.0935. The number of benzene rings is 2. The molecule has 0 radical (unpaired) electrons. The van der Waals surface area contributed by atoms with Crippen LogP contribution in [0.1, 0.15) is 73.5 Å². The van der Waals surface area contributed by atoms with Crippen molar-refractivity contribution in [2.24, 2.45) is 0 Å². The summed E-state index contributed by atoms with van der Waals surface area (Å²) in [5.74, 6) is 0.948. The number of hydrogen-bond acceptors (Lipinski definition) is 3. The largest absolute Gasteiger partial charge is 0.497 e. The molecule has 1 fully saturated rings. The van der Waals surface area contributed by atoms with Gasteiger partial charge in [-0.15, -0.1) is 0 Å². The van der Waals surface area contributed by atoms with Crippen molar-refractivity contribution in [2.45, 2.75) is 58.0 Å². The maximum atomic E-state index is 13.0. The topological polar surface area (TPSA) is 70.7 Å². The normalized spacial score (nSPS) is 17.0. The van der Waals surface area contributed by atoms with E-state index in [-0.39, 0.29) is 29.9 Å². The first-order valence-electron chi connectivity index (χ1n) is 11.5. The van der Waals surface area contributed by atoms with Gasteiger partial charge in [0.05, 0.1) is 13.2 Å². The molecule has 3 rings (SSSR count). The van der Waals surface area contributed by atoms with Crippen LogP contribution in [0, 0.1) is 0 Å². The van der Waals surface area contributed by atoms with E-state index in [1.54, 1.807) is 7.11 Å². The standard InChI is InChI=1S/C26H35N3O3/c1-5-24(19-11-13-23(32-4)14-12-19)28-25(30)21-9-6-8-20(16-21)22-10-7-15-29(17-22)26(31)27-18(2)3/h6,8-9,11-14,16,18,22,24H,5,7,10,15,17H2,1-4H3,(H,27,31)(H,28,30)/t22-,24+/m1/s1. The molecule has 2 atom stereocenters. The van der Waals surface area contributed by atoms with Crippen molar-refractivity contribution in [2.75, 3.05) is 20.2 Å². The first kappa shape index (κ1) is 23.6. The predicted octanol–water partition coefficient (Wildman–Crippen LogP) is 4.87. The summed E-state index contributed by atoms with van der Waals surface area (Å²) in [4.78, 5) is 27.3. The fraction of sp³-hybridized carbons (Fsp3) is 0.462. The average Bonchev–Trinajstić information content (AvgIpc) is 2.82. The minimum atomic E-state index is -0.0836. The van der Waals surface area contributed by atoms with E-state index >= 15 is 0 Å². The van der Waals surface area contributed by atoms with E-state index in [1.165, 1.54) is 0 Å². The van der Waals surface area contributed by atoms with Gasteiger partial charge in [0.15, 0.2) is 0 Å². The first-order valence-corrected chi connectivity index (χ1v) is 11.5. The second-order valence-electron chi connectivity index (χ2n) is 8.72. The minimum absolute atomic E-state index is 0.0103. The van der Waals surface area contributed by atoms with Crippen LogP contribution in [-0.2, 0) is 0 Å². The third-order valence-electron chi connectivity index (χ3n) is 5.97. The van der Waals surface area contributed by atoms with E-state index in [4.69, 9.17) is 4.74 Å². The monoisotopic (exact) mass is 437 g/mol. The van der Waals surface area contributed by atoms with Gasteiger partial charge in [-0.05, 0) is 68.5 Å². The number of nitrogens with zero attached hydrogens (tertiary/aromatic N) is 1. The average molecular weight is 438 g/mol. The Kier molecular flexibility index (Phi) is 8.14. The second kappa shape index (κ2) is 11.0. The first-order chi connectivity index (χ1) is 15.4. The molecule has 0 aliphatic carbocycles. The summed E-state index contributed by atoms with van der Waals surface area (Å²) < 4.78 is 5.23. The molecule has 2 aromatic rings. The molecule has 172 valence electrons. The Balaban J connectivity index is 1.69. The summed E-state index contributed by atoms with van der Waals surface area (Å²) in [6, 6.07) is 15.7. The van der Waals surface area contributed by atoms with Gasteiger partial charge in [0.25, 0.3) is 5.91 Å². The van der Waals surface area contributed by atoms with Gasteiger partial charge in [-0.1, -0.05) is 31.2 Å². The molecule has 0 unspecified atom stereocenters. The number of urea groups is 1. The van der Waals surface area contributed by atoms with Gasteiger partial charge in [-0.2, -0.15) is 0 Å². The number of carbonyl (C=O) groups excluding carboxylic acids is 2. The van der Waals surface area contributed by atoms with Gasteiger partial charge in [-0.3, -0.25) is 4.79 Å². The maximum Gasteiger partial charge on any atom is 0.317 e. The number of hydrogen-bond donors (Lipinski definition) is 2. The van der Waals surface area contributed by atoms with E-state index in [2.05, 4.69) is 23.6 Å². The number of nitrogens with one attached hydrogen (secondary N) is 2. The number of piperidine rings is 1. The van der Waals surface area contributed by atoms with Crippen molar-refractivity contribution in [1.29, 1.82) is 0 Å². The Labute approximate surface area is 191 Å². The molecule has 2 aromatic carbocycles. The van der Waals surface area contributed by atoms with Gasteiger partial charge in [-0.25, -0.2) is 4.79 Å². The molecular formula is C26H35N3O3. The molecule has 0 spiro atoms. The Morgan fingerprint density at radius 3 is 2.53 bits per heavy atom. The maximum absolute atomic E-state index is 13.0. The summed E-state index contributed by atoms with van der Waals surface area (Å²) in [6.07, 6.45) is 2.77. The highest BCUT2D eigenvalue weighted by Gasteiger charge is 2.25. The number of ether oxygens (including phenoxy) is 1. The fourth-order valence-electron chi connectivity index (χ4n) is 4.20. The van der Waals surface area contributed by atoms with Crippen molar-refractivity contribution in [3.63, 3.8) is 0 Å². The second-order valence-corrected chi connectivity index (χ2v) is 8.72. The van der Waals surface area contributed by atoms with E-state index in [1.807, 2.05) is 61.2 Å². The molecule has 1 saturated heterocycles. The van der Waals surface area contributed by atoms with Crippen molar-refractivity contribution in [3.05, 3.63) is 65.2 Å². The Morgan fingerprint density at radius 1 is 1.12 bits per heavy atom. The third kappa shape index (κ3) is 6.02. The van der Waals surface area contributed by atoms with Gasteiger partial charge in [0.1, 0.15) is 5.75 Å². The van der Waals surface area contributed by atoms with E-state index in [0.29, 0.717) is 12.1 Å². The van der Waals surface area contributed by atoms with Crippen LogP contribution in [0.5, 0.6) is 5.75 Å². The smallest absolute Gasteiger partial charge is 0.317 e. The lowest BCUT2D eigenvalue weighted by atomic mass is 9.89. The van der Waals surface area contributed by atoms with Crippen LogP contribution in [0.15, 0.2) is 48.5 Å². The van der Waals surface area contributed by atoms with Crippen LogP contribution < -0.4 is 15.4 Å². The molecule has 1 aliphatic heterocycles. The summed E-state index contributed by atoms with van der Waals surface area (Å²) in [6.45, 7) is 7.45. The molecule has 1 aliphatic rings. The third-order valence-corrected chi connectivity index (χ3v) is 5.97. The highest BCUT2D eigenvalue weighted by molar-refractivity contribution is 5.94. The molecule has 0 aromatic heterocycles. The van der Waals surface area contributed by atoms with Crippen molar-refractivity contribution in [1.82, 2.24) is 15.5 Å². The Hall–Kier alpha value is -3.02.